The molecular weight excluding hydrogens is 424 g/mol. The Balaban J connectivity index is 1.78. The molecule has 1 fully saturated rings. The summed E-state index contributed by atoms with van der Waals surface area (Å²) in [6.45, 7) is 0.991. The lowest BCUT2D eigenvalue weighted by Gasteiger charge is -2.44. The van der Waals surface area contributed by atoms with Gasteiger partial charge in [0.25, 0.3) is 0 Å². The van der Waals surface area contributed by atoms with Crippen LogP contribution in [0.5, 0.6) is 23.0 Å². The van der Waals surface area contributed by atoms with Crippen LogP contribution in [0.25, 0.3) is 22.3 Å². The second-order valence-corrected chi connectivity index (χ2v) is 8.12. The van der Waals surface area contributed by atoms with E-state index >= 15 is 0 Å². The predicted octanol–water partition coefficient (Wildman–Crippen LogP) is 0.666. The van der Waals surface area contributed by atoms with E-state index in [0.717, 1.165) is 6.07 Å². The molecule has 1 saturated heterocycles. The maximum absolute atomic E-state index is 12.9. The molecule has 3 aromatic rings. The highest BCUT2D eigenvalue weighted by Gasteiger charge is 2.59. The summed E-state index contributed by atoms with van der Waals surface area (Å²) in [5.41, 5.74) is -1.58. The van der Waals surface area contributed by atoms with Crippen LogP contribution < -0.4 is 10.2 Å². The first-order valence-corrected chi connectivity index (χ1v) is 9.84. The normalized spacial score (nSPS) is 28.9. The molecule has 32 heavy (non-hydrogen) atoms. The second-order valence-electron chi connectivity index (χ2n) is 8.12. The van der Waals surface area contributed by atoms with Crippen molar-refractivity contribution < 1.29 is 44.5 Å². The highest BCUT2D eigenvalue weighted by atomic mass is 16.6. The summed E-state index contributed by atoms with van der Waals surface area (Å²) in [7, 11) is 0. The van der Waals surface area contributed by atoms with Gasteiger partial charge in [-0.25, -0.2) is 0 Å². The van der Waals surface area contributed by atoms with Crippen LogP contribution in [-0.2, 0) is 10.3 Å². The van der Waals surface area contributed by atoms with Gasteiger partial charge >= 0.3 is 0 Å². The van der Waals surface area contributed by atoms with Crippen LogP contribution in [-0.4, -0.2) is 61.7 Å². The van der Waals surface area contributed by atoms with Gasteiger partial charge in [0.05, 0.1) is 12.2 Å². The van der Waals surface area contributed by atoms with Gasteiger partial charge < -0.3 is 44.5 Å². The van der Waals surface area contributed by atoms with Crippen LogP contribution in [0, 0.1) is 0 Å². The van der Waals surface area contributed by atoms with E-state index in [4.69, 9.17) is 13.9 Å². The number of hydrogen-bond acceptors (Lipinski definition) is 10. The lowest BCUT2D eigenvalue weighted by Crippen LogP contribution is -2.62. The van der Waals surface area contributed by atoms with Gasteiger partial charge in [0.15, 0.2) is 28.6 Å². The third kappa shape index (κ3) is 2.71. The van der Waals surface area contributed by atoms with Crippen molar-refractivity contribution in [3.8, 4) is 34.3 Å². The van der Waals surface area contributed by atoms with Gasteiger partial charge in [-0.3, -0.25) is 4.79 Å². The van der Waals surface area contributed by atoms with Gasteiger partial charge in [-0.05, 0) is 25.1 Å². The molecule has 0 radical (unpaired) electrons. The van der Waals surface area contributed by atoms with Crippen molar-refractivity contribution in [2.45, 2.75) is 36.9 Å². The molecule has 10 heteroatoms. The van der Waals surface area contributed by atoms with E-state index in [9.17, 15) is 35.4 Å². The number of phenolic OH excluding ortho intramolecular Hbond substituents is 3. The van der Waals surface area contributed by atoms with Gasteiger partial charge in [0, 0.05) is 17.7 Å². The van der Waals surface area contributed by atoms with Crippen molar-refractivity contribution in [3.63, 3.8) is 0 Å². The first-order valence-electron chi connectivity index (χ1n) is 9.84. The Hall–Kier alpha value is -3.31. The smallest absolute Gasteiger partial charge is 0.197 e. The number of hydrogen-bond donors (Lipinski definition) is 6. The zero-order chi connectivity index (χ0) is 22.9. The van der Waals surface area contributed by atoms with Crippen LogP contribution in [0.4, 0.5) is 0 Å². The van der Waals surface area contributed by atoms with Crippen molar-refractivity contribution in [3.05, 3.63) is 46.1 Å². The standard InChI is InChI=1S/C22H20O10/c1-22-17-14(31-21(22)19(29)18(28)15(7-23)32-22)6-12(27)16-11(26)5-13(30-20(16)17)8-2-3-9(24)10(25)4-8/h2-6,15,18-19,21,23-25,27-29H,7H2,1H3/t15-,18-,19?,21+,22+/m1/s1. The monoisotopic (exact) mass is 444 g/mol. The average molecular weight is 444 g/mol. The third-order valence-corrected chi connectivity index (χ3v) is 6.12. The van der Waals surface area contributed by atoms with Crippen molar-refractivity contribution in [2.24, 2.45) is 0 Å². The molecular formula is C22H20O10. The Morgan fingerprint density at radius 2 is 1.75 bits per heavy atom. The Labute approximate surface area is 180 Å². The summed E-state index contributed by atoms with van der Waals surface area (Å²) < 4.78 is 17.7. The minimum absolute atomic E-state index is 0.0350. The fourth-order valence-electron chi connectivity index (χ4n) is 4.52. The summed E-state index contributed by atoms with van der Waals surface area (Å²) in [6, 6.07) is 6.22. The molecule has 5 rings (SSSR count). The number of aromatic hydroxyl groups is 3. The minimum atomic E-state index is -1.43. The maximum Gasteiger partial charge on any atom is 0.197 e. The Bertz CT molecular complexity index is 1300. The first kappa shape index (κ1) is 20.6. The average Bonchev–Trinajstić information content (AvgIpc) is 3.04. The third-order valence-electron chi connectivity index (χ3n) is 6.12. The Morgan fingerprint density at radius 1 is 1.00 bits per heavy atom. The van der Waals surface area contributed by atoms with Gasteiger partial charge in [-0.15, -0.1) is 0 Å². The lowest BCUT2D eigenvalue weighted by molar-refractivity contribution is -0.255. The van der Waals surface area contributed by atoms with Gasteiger partial charge in [0.2, 0.25) is 0 Å². The second kappa shape index (κ2) is 6.84. The van der Waals surface area contributed by atoms with Crippen molar-refractivity contribution in [2.75, 3.05) is 6.61 Å². The first-order chi connectivity index (χ1) is 15.2. The van der Waals surface area contributed by atoms with E-state index in [0.29, 0.717) is 0 Å². The van der Waals surface area contributed by atoms with Crippen LogP contribution in [0.1, 0.15) is 12.5 Å². The molecule has 1 aromatic heterocycles. The van der Waals surface area contributed by atoms with Crippen molar-refractivity contribution >= 4 is 11.0 Å². The molecule has 1 unspecified atom stereocenters. The van der Waals surface area contributed by atoms with Crippen LogP contribution in [0.2, 0.25) is 0 Å². The van der Waals surface area contributed by atoms with Crippen LogP contribution in [0.3, 0.4) is 0 Å². The van der Waals surface area contributed by atoms with Gasteiger partial charge in [0.1, 0.15) is 46.6 Å². The number of rotatable bonds is 2. The molecule has 2 aromatic carbocycles. The number of benzene rings is 2. The summed E-state index contributed by atoms with van der Waals surface area (Å²) >= 11 is 0. The largest absolute Gasteiger partial charge is 0.507 e. The SMILES string of the molecule is C[C@@]12O[C@H](CO)[C@@H](O)C(O)[C@@H]1Oc1cc(O)c3c(=O)cc(-c4ccc(O)c(O)c4)oc3c12. The maximum atomic E-state index is 12.9. The number of ether oxygens (including phenoxy) is 2. The van der Waals surface area contributed by atoms with E-state index in [1.54, 1.807) is 6.92 Å². The predicted molar refractivity (Wildman–Crippen MR) is 109 cm³/mol. The van der Waals surface area contributed by atoms with E-state index in [2.05, 4.69) is 0 Å². The van der Waals surface area contributed by atoms with Crippen LogP contribution >= 0.6 is 0 Å². The number of aliphatic hydroxyl groups excluding tert-OH is 3. The fourth-order valence-corrected chi connectivity index (χ4v) is 4.52. The molecule has 0 aliphatic carbocycles. The van der Waals surface area contributed by atoms with E-state index in [-0.39, 0.29) is 39.4 Å². The van der Waals surface area contributed by atoms with E-state index in [1.807, 2.05) is 0 Å². The topological polar surface area (TPSA) is 170 Å². The van der Waals surface area contributed by atoms with Gasteiger partial charge in [-0.1, -0.05) is 0 Å². The summed E-state index contributed by atoms with van der Waals surface area (Å²) in [4.78, 5) is 12.9. The quantitative estimate of drug-likeness (QED) is 0.309. The molecule has 0 spiro atoms. The number of phenols is 3. The molecule has 2 aliphatic heterocycles. The molecule has 168 valence electrons. The van der Waals surface area contributed by atoms with E-state index in [1.165, 1.54) is 24.3 Å². The number of fused-ring (bicyclic) bond motifs is 5. The van der Waals surface area contributed by atoms with E-state index < -0.39 is 53.6 Å². The highest BCUT2D eigenvalue weighted by molar-refractivity contribution is 5.90. The zero-order valence-electron chi connectivity index (χ0n) is 16.7. The molecule has 0 bridgehead atoms. The minimum Gasteiger partial charge on any atom is -0.507 e. The number of aliphatic hydroxyl groups is 3. The Morgan fingerprint density at radius 3 is 2.44 bits per heavy atom. The van der Waals surface area contributed by atoms with Crippen molar-refractivity contribution in [1.29, 1.82) is 0 Å². The lowest BCUT2D eigenvalue weighted by atomic mass is 9.82. The fraction of sp³-hybridized carbons (Fsp3) is 0.318. The molecule has 0 saturated carbocycles. The molecule has 5 atom stereocenters. The Kier molecular flexibility index (Phi) is 4.40. The van der Waals surface area contributed by atoms with Crippen LogP contribution in [0.15, 0.2) is 39.5 Å². The zero-order valence-corrected chi connectivity index (χ0v) is 16.7. The summed E-state index contributed by atoms with van der Waals surface area (Å²) in [5.74, 6) is -1.06. The molecule has 3 heterocycles. The van der Waals surface area contributed by atoms with Gasteiger partial charge in [-0.2, -0.15) is 0 Å². The van der Waals surface area contributed by atoms with Crippen molar-refractivity contribution in [1.82, 2.24) is 0 Å². The molecule has 0 amide bonds. The summed E-state index contributed by atoms with van der Waals surface area (Å²) in [5, 5.41) is 60.2. The molecule has 10 nitrogen and oxygen atoms in total. The molecule has 2 aliphatic rings. The summed E-state index contributed by atoms with van der Waals surface area (Å²) in [6.07, 6.45) is -5.09. The molecule has 6 N–H and O–H groups in total. The highest BCUT2D eigenvalue weighted by Crippen LogP contribution is 2.53.